The Labute approximate surface area is 441 Å². The molecule has 11 heteroatoms. The number of phenolic OH excluding ortho intramolecular Hbond substituents is 1. The van der Waals surface area contributed by atoms with Crippen LogP contribution in [0.5, 0.6) is 5.75 Å². The Morgan fingerprint density at radius 1 is 0.905 bits per heavy atom. The topological polar surface area (TPSA) is 198 Å². The number of anilines is 1. The summed E-state index contributed by atoms with van der Waals surface area (Å²) >= 11 is 0. The lowest BCUT2D eigenvalue weighted by Gasteiger charge is -2.74. The van der Waals surface area contributed by atoms with Crippen LogP contribution in [0.15, 0.2) is 53.6 Å². The van der Waals surface area contributed by atoms with E-state index in [0.717, 1.165) is 93.0 Å². The first-order chi connectivity index (χ1) is 35.2. The van der Waals surface area contributed by atoms with E-state index in [1.807, 2.05) is 32.2 Å². The fraction of sp³-hybridized carbons (Fsp3) is 0.746. The second-order valence-electron chi connectivity index (χ2n) is 27.7. The molecule has 17 atom stereocenters. The van der Waals surface area contributed by atoms with E-state index >= 15 is 9.59 Å². The number of nitrogens with one attached hydrogen (secondary N) is 2. The van der Waals surface area contributed by atoms with E-state index in [0.29, 0.717) is 82.6 Å². The molecular formula is C63H91N3O8. The first-order valence-corrected chi connectivity index (χ1v) is 29.4. The number of Topliss-reactive ketones (excluding diaryl/α,β-unsaturated/α-hetero) is 2. The molecule has 2 aromatic carbocycles. The summed E-state index contributed by atoms with van der Waals surface area (Å²) in [5, 5.41) is 66.1. The fourth-order valence-corrected chi connectivity index (χ4v) is 20.8. The molecule has 7 saturated carbocycles. The standard InChI is InChI=1S/C63H91N3O8/c1-56(73)20-7-8-21-57(2)54-58(3)35-61(55(57)72,42-27-39(33-65-6)28-44(69)30-42)22-23-63(54,66-37-56)36-62(24-25-67)51(58)19-18-48-52(50(71)32-59(48,62)4)46(40-13-9-12-38(26-40)34-68)31-49(70)53-60(5,74-53)47-17-11-16-45(47)41-14-10-15-43(64)29-41/h10,14-15,27-30,38,40,45-47,49,51,53-54,65-70,73H,7-9,11-13,16-26,31-37,64H2,1-6H3. The lowest BCUT2D eigenvalue weighted by molar-refractivity contribution is -0.227. The fourth-order valence-electron chi connectivity index (χ4n) is 20.8. The molecule has 0 spiro atoms. The molecule has 9 fully saturated rings. The van der Waals surface area contributed by atoms with Crippen LogP contribution in [0.4, 0.5) is 5.69 Å². The van der Waals surface area contributed by atoms with Crippen molar-refractivity contribution in [2.75, 3.05) is 32.5 Å². The number of carbonyl (C=O) groups is 2. The van der Waals surface area contributed by atoms with Crippen LogP contribution in [0.3, 0.4) is 0 Å². The number of ketones is 2. The predicted octanol–water partition coefficient (Wildman–Crippen LogP) is 9.35. The summed E-state index contributed by atoms with van der Waals surface area (Å²) in [6.07, 6.45) is 14.2. The molecule has 2 aromatic rings. The van der Waals surface area contributed by atoms with Gasteiger partial charge in [0.1, 0.15) is 17.6 Å². The summed E-state index contributed by atoms with van der Waals surface area (Å²) < 4.78 is 6.74. The highest BCUT2D eigenvalue weighted by Gasteiger charge is 2.79. The number of aromatic hydroxyl groups is 1. The van der Waals surface area contributed by atoms with Gasteiger partial charge in [-0.25, -0.2) is 0 Å². The summed E-state index contributed by atoms with van der Waals surface area (Å²) in [5.41, 5.74) is 7.02. The van der Waals surface area contributed by atoms with Crippen molar-refractivity contribution in [2.24, 2.45) is 57.2 Å². The number of phenols is 1. The lowest BCUT2D eigenvalue weighted by atomic mass is 9.30. The minimum atomic E-state index is -0.965. The van der Waals surface area contributed by atoms with Gasteiger partial charge in [-0.3, -0.25) is 9.59 Å². The molecule has 74 heavy (non-hydrogen) atoms. The first-order valence-electron chi connectivity index (χ1n) is 29.4. The van der Waals surface area contributed by atoms with Crippen LogP contribution < -0.4 is 16.4 Å². The number of β-amino-alcohol motifs (C(OH)–C–C–N with tert-alkyl or cyclic N) is 1. The van der Waals surface area contributed by atoms with Crippen molar-refractivity contribution in [3.63, 3.8) is 0 Å². The van der Waals surface area contributed by atoms with Gasteiger partial charge in [0, 0.05) is 54.8 Å². The van der Waals surface area contributed by atoms with Gasteiger partial charge in [0.15, 0.2) is 5.78 Å². The maximum absolute atomic E-state index is 16.2. The Morgan fingerprint density at radius 3 is 2.45 bits per heavy atom. The summed E-state index contributed by atoms with van der Waals surface area (Å²) in [7, 11) is 1.90. The minimum Gasteiger partial charge on any atom is -0.508 e. The molecule has 2 heterocycles. The van der Waals surface area contributed by atoms with Gasteiger partial charge >= 0.3 is 0 Å². The third-order valence-corrected chi connectivity index (χ3v) is 23.5. The van der Waals surface area contributed by atoms with E-state index in [1.54, 1.807) is 6.07 Å². The van der Waals surface area contributed by atoms with Crippen LogP contribution in [-0.4, -0.2) is 92.9 Å². The van der Waals surface area contributed by atoms with Crippen molar-refractivity contribution in [3.8, 4) is 5.75 Å². The molecule has 11 nitrogen and oxygen atoms in total. The summed E-state index contributed by atoms with van der Waals surface area (Å²) in [6, 6.07) is 14.1. The first kappa shape index (κ1) is 52.9. The highest BCUT2D eigenvalue weighted by atomic mass is 16.6. The highest BCUT2D eigenvalue weighted by molar-refractivity contribution is 6.01. The van der Waals surface area contributed by atoms with E-state index < -0.39 is 49.9 Å². The van der Waals surface area contributed by atoms with Crippen LogP contribution in [-0.2, 0) is 26.3 Å². The van der Waals surface area contributed by atoms with Crippen LogP contribution in [0.2, 0.25) is 0 Å². The number of benzene rings is 2. The second-order valence-corrected chi connectivity index (χ2v) is 27.7. The van der Waals surface area contributed by atoms with Gasteiger partial charge in [0.25, 0.3) is 0 Å². The number of rotatable bonds is 13. The number of hydrogen-bond donors (Lipinski definition) is 8. The maximum atomic E-state index is 16.2. The Hall–Kier alpha value is -3.16. The maximum Gasteiger partial charge on any atom is 0.160 e. The number of epoxide rings is 1. The molecule has 8 aliphatic carbocycles. The van der Waals surface area contributed by atoms with Crippen molar-refractivity contribution in [3.05, 3.63) is 70.3 Å². The van der Waals surface area contributed by atoms with Crippen molar-refractivity contribution in [2.45, 2.75) is 210 Å². The second kappa shape index (κ2) is 18.8. The SMILES string of the molecule is CNCc1cc(O)cc(C23CCC45CC6(CCO)C(CCC7=C(C(CC(O)C8OC8(C)C8CCCC8c8cccc(N)c8)C8CCCC(CO)C8)C(=O)CC76C)C(C)(C2)C4C(C)(CCCCC(C)(O)CN5)C3=O)c1. The molecule has 9 N–H and O–H groups in total. The molecule has 5 bridgehead atoms. The number of aliphatic hydroxyl groups is 4. The summed E-state index contributed by atoms with van der Waals surface area (Å²) in [6.45, 7) is 12.3. The minimum absolute atomic E-state index is 0.0308. The zero-order chi connectivity index (χ0) is 52.4. The Bertz CT molecular complexity index is 2550. The predicted molar refractivity (Wildman–Crippen MR) is 288 cm³/mol. The normalized spacial score (nSPS) is 44.6. The molecule has 0 aromatic heterocycles. The van der Waals surface area contributed by atoms with Gasteiger partial charge in [-0.05, 0) is 216 Å². The van der Waals surface area contributed by atoms with Crippen molar-refractivity contribution in [1.82, 2.24) is 10.6 Å². The number of nitrogen functional groups attached to an aromatic ring is 1. The molecule has 2 aliphatic heterocycles. The average molecular weight is 1020 g/mol. The highest BCUT2D eigenvalue weighted by Crippen LogP contribution is 2.81. The lowest BCUT2D eigenvalue weighted by Crippen LogP contribution is -2.76. The van der Waals surface area contributed by atoms with Gasteiger partial charge in [-0.15, -0.1) is 0 Å². The van der Waals surface area contributed by atoms with Crippen LogP contribution in [0.1, 0.15) is 186 Å². The Balaban J connectivity index is 1.03. The average Bonchev–Trinajstić information content (AvgIpc) is 3.84. The molecule has 2 saturated heterocycles. The van der Waals surface area contributed by atoms with Gasteiger partial charge < -0.3 is 46.6 Å². The summed E-state index contributed by atoms with van der Waals surface area (Å²) in [4.78, 5) is 32.0. The number of ether oxygens (including phenoxy) is 1. The largest absolute Gasteiger partial charge is 0.508 e. The zero-order valence-electron chi connectivity index (χ0n) is 45.7. The van der Waals surface area contributed by atoms with Crippen LogP contribution in [0, 0.1) is 57.2 Å². The molecule has 0 radical (unpaired) electrons. The summed E-state index contributed by atoms with van der Waals surface area (Å²) in [5.74, 6) is 1.24. The zero-order valence-corrected chi connectivity index (χ0v) is 45.7. The third-order valence-electron chi connectivity index (χ3n) is 23.5. The van der Waals surface area contributed by atoms with Gasteiger partial charge in [0.2, 0.25) is 0 Å². The van der Waals surface area contributed by atoms with E-state index in [4.69, 9.17) is 10.5 Å². The van der Waals surface area contributed by atoms with Crippen LogP contribution >= 0.6 is 0 Å². The van der Waals surface area contributed by atoms with E-state index in [2.05, 4.69) is 56.5 Å². The number of aliphatic hydroxyl groups excluding tert-OH is 3. The van der Waals surface area contributed by atoms with Gasteiger partial charge in [0.05, 0.1) is 22.7 Å². The Kier molecular flexibility index (Phi) is 13.4. The molecule has 17 unspecified atom stereocenters. The Morgan fingerprint density at radius 2 is 1.69 bits per heavy atom. The number of hydrogen-bond acceptors (Lipinski definition) is 11. The number of carbonyl (C=O) groups excluding carboxylic acids is 2. The third kappa shape index (κ3) is 8.01. The van der Waals surface area contributed by atoms with E-state index in [1.165, 1.54) is 11.1 Å². The quantitative estimate of drug-likeness (QED) is 0.0703. The van der Waals surface area contributed by atoms with E-state index in [9.17, 15) is 25.5 Å². The monoisotopic (exact) mass is 1020 g/mol. The number of fused-ring (bicyclic) bond motifs is 4. The molecule has 406 valence electrons. The van der Waals surface area contributed by atoms with Crippen LogP contribution in [0.25, 0.3) is 0 Å². The van der Waals surface area contributed by atoms with Crippen molar-refractivity contribution in [1.29, 1.82) is 0 Å². The molecule has 10 aliphatic rings. The number of nitrogens with two attached hydrogens (primary N) is 1. The van der Waals surface area contributed by atoms with Gasteiger partial charge in [-0.1, -0.05) is 70.2 Å². The number of allylic oxidation sites excluding steroid dienone is 2. The van der Waals surface area contributed by atoms with Crippen molar-refractivity contribution < 1.29 is 39.9 Å². The molecule has 0 amide bonds. The van der Waals surface area contributed by atoms with Crippen molar-refractivity contribution >= 4 is 17.3 Å². The smallest absolute Gasteiger partial charge is 0.160 e. The molecular weight excluding hydrogens is 927 g/mol. The van der Waals surface area contributed by atoms with E-state index in [-0.39, 0.29) is 66.4 Å². The van der Waals surface area contributed by atoms with Gasteiger partial charge in [-0.2, -0.15) is 0 Å². The molecule has 12 rings (SSSR count).